The lowest BCUT2D eigenvalue weighted by Gasteiger charge is -2.11. The van der Waals surface area contributed by atoms with Gasteiger partial charge in [0.1, 0.15) is 5.75 Å². The molecule has 6 nitrogen and oxygen atoms in total. The Balaban J connectivity index is 0.00000576. The van der Waals surface area contributed by atoms with E-state index < -0.39 is 0 Å². The fraction of sp³-hybridized carbons (Fsp3) is 0.556. The van der Waals surface area contributed by atoms with Crippen molar-refractivity contribution in [1.82, 2.24) is 16.0 Å². The van der Waals surface area contributed by atoms with Crippen molar-refractivity contribution in [2.75, 3.05) is 26.2 Å². The number of phenolic OH excluding ortho intramolecular Hbond substituents is 1. The number of halogens is 1. The maximum atomic E-state index is 11.9. The van der Waals surface area contributed by atoms with E-state index in [1.807, 2.05) is 6.92 Å². The number of benzene rings is 1. The summed E-state index contributed by atoms with van der Waals surface area (Å²) >= 11 is 0. The molecule has 4 N–H and O–H groups in total. The number of aromatic hydroxyl groups is 1. The molecule has 0 spiro atoms. The van der Waals surface area contributed by atoms with Crippen LogP contribution in [0.15, 0.2) is 29.3 Å². The fourth-order valence-corrected chi connectivity index (χ4v) is 2.14. The molecule has 0 bridgehead atoms. The zero-order valence-corrected chi connectivity index (χ0v) is 17.5. The molecule has 1 rings (SSSR count). The molecule has 0 atom stereocenters. The zero-order valence-electron chi connectivity index (χ0n) is 15.2. The molecule has 0 radical (unpaired) electrons. The summed E-state index contributed by atoms with van der Waals surface area (Å²) in [6, 6.07) is 6.33. The van der Waals surface area contributed by atoms with Crippen LogP contribution in [-0.4, -0.2) is 43.2 Å². The van der Waals surface area contributed by atoms with Crippen molar-refractivity contribution in [3.05, 3.63) is 29.8 Å². The van der Waals surface area contributed by atoms with Gasteiger partial charge in [-0.3, -0.25) is 9.79 Å². The number of phenols is 1. The molecule has 7 heteroatoms. The normalized spacial score (nSPS) is 10.7. The minimum atomic E-state index is -0.181. The third-order valence-electron chi connectivity index (χ3n) is 3.42. The fourth-order valence-electron chi connectivity index (χ4n) is 2.14. The Morgan fingerprint density at radius 1 is 1.08 bits per heavy atom. The van der Waals surface area contributed by atoms with Crippen LogP contribution in [-0.2, 0) is 0 Å². The summed E-state index contributed by atoms with van der Waals surface area (Å²) in [5.41, 5.74) is 0.462. The first-order valence-electron chi connectivity index (χ1n) is 8.76. The molecule has 0 saturated heterocycles. The van der Waals surface area contributed by atoms with Gasteiger partial charge in [0.05, 0.1) is 0 Å². The van der Waals surface area contributed by atoms with Gasteiger partial charge in [-0.1, -0.05) is 25.8 Å². The molecule has 0 aliphatic heterocycles. The van der Waals surface area contributed by atoms with Crippen molar-refractivity contribution in [2.24, 2.45) is 4.99 Å². The minimum absolute atomic E-state index is 0. The molecule has 0 saturated carbocycles. The van der Waals surface area contributed by atoms with Crippen molar-refractivity contribution in [1.29, 1.82) is 0 Å². The summed E-state index contributed by atoms with van der Waals surface area (Å²) in [4.78, 5) is 16.4. The Bertz CT molecular complexity index is 524. The standard InChI is InChI=1S/C18H30N4O2.HI/c1-3-5-6-11-21-18(19-4-2)22-13-8-12-20-17(24)15-9-7-10-16(23)14-15;/h7,9-10,14,23H,3-6,8,11-13H2,1-2H3,(H,20,24)(H2,19,21,22);1H. The molecule has 0 unspecified atom stereocenters. The molecule has 0 heterocycles. The van der Waals surface area contributed by atoms with E-state index in [0.717, 1.165) is 31.9 Å². The van der Waals surface area contributed by atoms with E-state index in [0.29, 0.717) is 18.7 Å². The maximum absolute atomic E-state index is 11.9. The molecule has 1 aromatic rings. The van der Waals surface area contributed by atoms with E-state index in [4.69, 9.17) is 0 Å². The monoisotopic (exact) mass is 462 g/mol. The van der Waals surface area contributed by atoms with Gasteiger partial charge in [-0.2, -0.15) is 0 Å². The van der Waals surface area contributed by atoms with Gasteiger partial charge in [0.25, 0.3) is 5.91 Å². The molecule has 0 aliphatic carbocycles. The van der Waals surface area contributed by atoms with E-state index in [1.165, 1.54) is 18.9 Å². The lowest BCUT2D eigenvalue weighted by molar-refractivity contribution is 0.0953. The predicted octanol–water partition coefficient (Wildman–Crippen LogP) is 2.88. The topological polar surface area (TPSA) is 85.8 Å². The minimum Gasteiger partial charge on any atom is -0.508 e. The number of guanidine groups is 1. The number of aliphatic imine (C=N–C) groups is 1. The number of hydrogen-bond donors (Lipinski definition) is 4. The van der Waals surface area contributed by atoms with Gasteiger partial charge >= 0.3 is 0 Å². The van der Waals surface area contributed by atoms with Crippen LogP contribution >= 0.6 is 24.0 Å². The number of hydrogen-bond acceptors (Lipinski definition) is 3. The maximum Gasteiger partial charge on any atom is 0.251 e. The van der Waals surface area contributed by atoms with Crippen LogP contribution < -0.4 is 16.0 Å². The Kier molecular flexibility index (Phi) is 13.9. The lowest BCUT2D eigenvalue weighted by Crippen LogP contribution is -2.38. The number of carbonyl (C=O) groups is 1. The van der Waals surface area contributed by atoms with Crippen molar-refractivity contribution >= 4 is 35.8 Å². The van der Waals surface area contributed by atoms with E-state index in [1.54, 1.807) is 18.2 Å². The summed E-state index contributed by atoms with van der Waals surface area (Å²) < 4.78 is 0. The largest absolute Gasteiger partial charge is 0.508 e. The van der Waals surface area contributed by atoms with E-state index in [2.05, 4.69) is 27.9 Å². The molecule has 0 aromatic heterocycles. The number of nitrogens with one attached hydrogen (secondary N) is 3. The first kappa shape index (κ1) is 23.5. The molecule has 142 valence electrons. The molecular weight excluding hydrogens is 431 g/mol. The summed E-state index contributed by atoms with van der Waals surface area (Å²) in [6.45, 7) is 7.17. The third-order valence-corrected chi connectivity index (χ3v) is 3.42. The average molecular weight is 462 g/mol. The van der Waals surface area contributed by atoms with Gasteiger partial charge in [-0.05, 0) is 38.0 Å². The van der Waals surface area contributed by atoms with Gasteiger partial charge < -0.3 is 21.1 Å². The number of carbonyl (C=O) groups excluding carboxylic acids is 1. The highest BCUT2D eigenvalue weighted by Gasteiger charge is 2.04. The number of unbranched alkanes of at least 4 members (excludes halogenated alkanes) is 2. The second-order valence-electron chi connectivity index (χ2n) is 5.55. The highest BCUT2D eigenvalue weighted by atomic mass is 127. The van der Waals surface area contributed by atoms with Crippen LogP contribution in [0, 0.1) is 0 Å². The molecule has 25 heavy (non-hydrogen) atoms. The lowest BCUT2D eigenvalue weighted by atomic mass is 10.2. The van der Waals surface area contributed by atoms with Crippen LogP contribution in [0.2, 0.25) is 0 Å². The highest BCUT2D eigenvalue weighted by molar-refractivity contribution is 14.0. The van der Waals surface area contributed by atoms with Crippen molar-refractivity contribution in [3.63, 3.8) is 0 Å². The second-order valence-corrected chi connectivity index (χ2v) is 5.55. The Hall–Kier alpha value is -1.51. The molecule has 1 amide bonds. The van der Waals surface area contributed by atoms with Gasteiger partial charge in [0.15, 0.2) is 5.96 Å². The smallest absolute Gasteiger partial charge is 0.251 e. The summed E-state index contributed by atoms with van der Waals surface area (Å²) in [7, 11) is 0. The van der Waals surface area contributed by atoms with Crippen molar-refractivity contribution in [3.8, 4) is 5.75 Å². The number of amides is 1. The molecule has 0 aliphatic rings. The van der Waals surface area contributed by atoms with Gasteiger partial charge in [0, 0.05) is 31.7 Å². The van der Waals surface area contributed by atoms with E-state index in [-0.39, 0.29) is 35.6 Å². The van der Waals surface area contributed by atoms with Crippen molar-refractivity contribution in [2.45, 2.75) is 39.5 Å². The highest BCUT2D eigenvalue weighted by Crippen LogP contribution is 2.10. The quantitative estimate of drug-likeness (QED) is 0.187. The molecular formula is C18H31IN4O2. The zero-order chi connectivity index (χ0) is 17.6. The number of nitrogens with zero attached hydrogens (tertiary/aromatic N) is 1. The van der Waals surface area contributed by atoms with E-state index in [9.17, 15) is 9.90 Å². The first-order chi connectivity index (χ1) is 11.7. The predicted molar refractivity (Wildman–Crippen MR) is 114 cm³/mol. The SMILES string of the molecule is CCCCCNC(=NCCCNC(=O)c1cccc(O)c1)NCC.I. The Labute approximate surface area is 167 Å². The van der Waals surface area contributed by atoms with Gasteiger partial charge in [-0.25, -0.2) is 0 Å². The Morgan fingerprint density at radius 2 is 1.84 bits per heavy atom. The van der Waals surface area contributed by atoms with Gasteiger partial charge in [-0.15, -0.1) is 24.0 Å². The van der Waals surface area contributed by atoms with Crippen LogP contribution in [0.5, 0.6) is 5.75 Å². The van der Waals surface area contributed by atoms with E-state index >= 15 is 0 Å². The summed E-state index contributed by atoms with van der Waals surface area (Å²) in [5.74, 6) is 0.740. The second kappa shape index (κ2) is 14.8. The molecule has 0 fully saturated rings. The average Bonchev–Trinajstić information content (AvgIpc) is 2.58. The van der Waals surface area contributed by atoms with Crippen LogP contribution in [0.3, 0.4) is 0 Å². The summed E-state index contributed by atoms with van der Waals surface area (Å²) in [6.07, 6.45) is 4.32. The van der Waals surface area contributed by atoms with Crippen LogP contribution in [0.25, 0.3) is 0 Å². The Morgan fingerprint density at radius 3 is 2.52 bits per heavy atom. The number of rotatable bonds is 10. The first-order valence-corrected chi connectivity index (χ1v) is 8.76. The molecule has 1 aromatic carbocycles. The van der Waals surface area contributed by atoms with Crippen molar-refractivity contribution < 1.29 is 9.90 Å². The van der Waals surface area contributed by atoms with Gasteiger partial charge in [0.2, 0.25) is 0 Å². The third kappa shape index (κ3) is 10.9. The summed E-state index contributed by atoms with van der Waals surface area (Å²) in [5, 5.41) is 18.7. The van der Waals surface area contributed by atoms with Crippen LogP contribution in [0.4, 0.5) is 0 Å². The van der Waals surface area contributed by atoms with Crippen LogP contribution in [0.1, 0.15) is 49.9 Å².